The smallest absolute Gasteiger partial charge is 0.407 e. The highest BCUT2D eigenvalue weighted by atomic mass is 19.2. The molecule has 0 bridgehead atoms. The number of halogens is 4. The third-order valence-electron chi connectivity index (χ3n) is 5.92. The molecule has 0 spiro atoms. The number of imidazole rings is 1. The Kier molecular flexibility index (Phi) is 8.50. The standard InChI is InChI=1S/C29H28F4N4O4/c1-16-25(37-12-6-9-23(26(37)35-16)40-15-18-7-5-8-20(31)24(18)33)27(38)36-22(14-34-28(39)41-29(2,3)4)17-10-11-19(30)21(32)13-17/h5-13,22H,14-15H2,1-4H3,(H,34,39)(H,36,38). The molecule has 1 atom stereocenters. The van der Waals surface area contributed by atoms with Crippen molar-refractivity contribution >= 4 is 17.6 Å². The number of aromatic nitrogens is 2. The Morgan fingerprint density at radius 1 is 1.00 bits per heavy atom. The summed E-state index contributed by atoms with van der Waals surface area (Å²) in [6.07, 6.45) is 0.799. The molecule has 0 aliphatic rings. The minimum absolute atomic E-state index is 0.0000989. The number of alkyl carbamates (subject to hydrolysis) is 1. The topological polar surface area (TPSA) is 94.0 Å². The minimum atomic E-state index is -1.12. The van der Waals surface area contributed by atoms with Crippen LogP contribution in [0.2, 0.25) is 0 Å². The van der Waals surface area contributed by atoms with Crippen LogP contribution in [-0.2, 0) is 11.3 Å². The zero-order valence-electron chi connectivity index (χ0n) is 22.7. The molecule has 216 valence electrons. The first-order chi connectivity index (χ1) is 19.3. The molecule has 0 fully saturated rings. The van der Waals surface area contributed by atoms with Crippen molar-refractivity contribution in [2.75, 3.05) is 6.54 Å². The van der Waals surface area contributed by atoms with Crippen molar-refractivity contribution in [3.05, 3.63) is 101 Å². The third-order valence-corrected chi connectivity index (χ3v) is 5.92. The van der Waals surface area contributed by atoms with Gasteiger partial charge in [0.25, 0.3) is 5.91 Å². The zero-order valence-corrected chi connectivity index (χ0v) is 22.7. The molecule has 4 aromatic rings. The maximum absolute atomic E-state index is 14.1. The minimum Gasteiger partial charge on any atom is -0.485 e. The van der Waals surface area contributed by atoms with Crippen LogP contribution in [0.3, 0.4) is 0 Å². The molecule has 41 heavy (non-hydrogen) atoms. The number of aryl methyl sites for hydroxylation is 1. The third kappa shape index (κ3) is 6.94. The monoisotopic (exact) mass is 572 g/mol. The van der Waals surface area contributed by atoms with E-state index in [0.717, 1.165) is 18.2 Å². The van der Waals surface area contributed by atoms with E-state index in [4.69, 9.17) is 9.47 Å². The van der Waals surface area contributed by atoms with Gasteiger partial charge in [-0.15, -0.1) is 0 Å². The number of amides is 2. The fourth-order valence-corrected chi connectivity index (χ4v) is 4.07. The van der Waals surface area contributed by atoms with Crippen LogP contribution in [0.25, 0.3) is 5.65 Å². The zero-order chi connectivity index (χ0) is 29.9. The lowest BCUT2D eigenvalue weighted by Gasteiger charge is -2.23. The van der Waals surface area contributed by atoms with Crippen molar-refractivity contribution in [2.24, 2.45) is 0 Å². The summed E-state index contributed by atoms with van der Waals surface area (Å²) in [6, 6.07) is 9.05. The summed E-state index contributed by atoms with van der Waals surface area (Å²) < 4.78 is 67.7. The predicted molar refractivity (Wildman–Crippen MR) is 141 cm³/mol. The Morgan fingerprint density at radius 3 is 2.46 bits per heavy atom. The van der Waals surface area contributed by atoms with E-state index in [0.29, 0.717) is 5.69 Å². The van der Waals surface area contributed by atoms with Crippen LogP contribution in [0, 0.1) is 30.2 Å². The summed E-state index contributed by atoms with van der Waals surface area (Å²) in [7, 11) is 0. The molecule has 2 amide bonds. The van der Waals surface area contributed by atoms with Crippen molar-refractivity contribution in [3.63, 3.8) is 0 Å². The van der Waals surface area contributed by atoms with Gasteiger partial charge in [-0.05, 0) is 63.6 Å². The van der Waals surface area contributed by atoms with Crippen LogP contribution in [0.15, 0.2) is 54.7 Å². The fourth-order valence-electron chi connectivity index (χ4n) is 4.07. The highest BCUT2D eigenvalue weighted by molar-refractivity contribution is 5.95. The molecular formula is C29H28F4N4O4. The second kappa shape index (κ2) is 11.9. The lowest BCUT2D eigenvalue weighted by Crippen LogP contribution is -2.40. The van der Waals surface area contributed by atoms with E-state index < -0.39 is 46.9 Å². The molecule has 2 aromatic carbocycles. The Labute approximate surface area is 233 Å². The molecule has 0 aliphatic heterocycles. The number of benzene rings is 2. The van der Waals surface area contributed by atoms with E-state index in [2.05, 4.69) is 15.6 Å². The van der Waals surface area contributed by atoms with Gasteiger partial charge >= 0.3 is 6.09 Å². The summed E-state index contributed by atoms with van der Waals surface area (Å²) in [5.41, 5.74) is 0.0645. The maximum atomic E-state index is 14.1. The summed E-state index contributed by atoms with van der Waals surface area (Å²) >= 11 is 0. The predicted octanol–water partition coefficient (Wildman–Crippen LogP) is 5.77. The van der Waals surface area contributed by atoms with E-state index >= 15 is 0 Å². The Bertz CT molecular complexity index is 1600. The van der Waals surface area contributed by atoms with Crippen molar-refractivity contribution in [1.29, 1.82) is 0 Å². The number of pyridine rings is 1. The van der Waals surface area contributed by atoms with E-state index in [9.17, 15) is 27.2 Å². The molecule has 2 heterocycles. The van der Waals surface area contributed by atoms with E-state index in [1.165, 1.54) is 22.6 Å². The quantitative estimate of drug-likeness (QED) is 0.262. The second-order valence-electron chi connectivity index (χ2n) is 10.2. The van der Waals surface area contributed by atoms with Gasteiger partial charge in [-0.2, -0.15) is 0 Å². The first-order valence-corrected chi connectivity index (χ1v) is 12.6. The van der Waals surface area contributed by atoms with E-state index in [1.54, 1.807) is 46.0 Å². The average Bonchev–Trinajstić information content (AvgIpc) is 3.24. The van der Waals surface area contributed by atoms with Crippen molar-refractivity contribution in [3.8, 4) is 5.75 Å². The molecular weight excluding hydrogens is 544 g/mol. The maximum Gasteiger partial charge on any atom is 0.407 e. The highest BCUT2D eigenvalue weighted by Crippen LogP contribution is 2.25. The molecule has 0 saturated heterocycles. The summed E-state index contributed by atoms with van der Waals surface area (Å²) in [5.74, 6) is -4.64. The van der Waals surface area contributed by atoms with Crippen LogP contribution in [0.4, 0.5) is 22.4 Å². The van der Waals surface area contributed by atoms with Gasteiger partial charge in [0.2, 0.25) is 0 Å². The number of nitrogens with zero attached hydrogens (tertiary/aromatic N) is 2. The summed E-state index contributed by atoms with van der Waals surface area (Å²) in [6.45, 7) is 6.15. The van der Waals surface area contributed by atoms with Crippen LogP contribution in [-0.4, -0.2) is 33.5 Å². The molecule has 1 unspecified atom stereocenters. The molecule has 4 rings (SSSR count). The lowest BCUT2D eigenvalue weighted by molar-refractivity contribution is 0.0519. The van der Waals surface area contributed by atoms with Crippen molar-refractivity contribution in [2.45, 2.75) is 45.9 Å². The van der Waals surface area contributed by atoms with Gasteiger partial charge in [0, 0.05) is 18.3 Å². The number of nitrogens with one attached hydrogen (secondary N) is 2. The highest BCUT2D eigenvalue weighted by Gasteiger charge is 2.25. The lowest BCUT2D eigenvalue weighted by atomic mass is 10.1. The van der Waals surface area contributed by atoms with Crippen LogP contribution in [0.5, 0.6) is 5.75 Å². The second-order valence-corrected chi connectivity index (χ2v) is 10.2. The molecule has 0 saturated carbocycles. The van der Waals surface area contributed by atoms with Gasteiger partial charge < -0.3 is 20.1 Å². The number of hydrogen-bond donors (Lipinski definition) is 2. The first kappa shape index (κ1) is 29.4. The Hall–Kier alpha value is -4.61. The SMILES string of the molecule is Cc1nc2c(OCc3cccc(F)c3F)cccn2c1C(=O)NC(CNC(=O)OC(C)(C)C)c1ccc(F)c(F)c1. The van der Waals surface area contributed by atoms with Gasteiger partial charge in [-0.25, -0.2) is 27.3 Å². The number of ether oxygens (including phenoxy) is 2. The molecule has 2 aromatic heterocycles. The summed E-state index contributed by atoms with van der Waals surface area (Å²) in [5, 5.41) is 5.27. The fraction of sp³-hybridized carbons (Fsp3) is 0.276. The van der Waals surface area contributed by atoms with Gasteiger partial charge in [0.15, 0.2) is 34.7 Å². The van der Waals surface area contributed by atoms with Crippen LogP contribution in [0.1, 0.15) is 54.1 Å². The van der Waals surface area contributed by atoms with Crippen LogP contribution < -0.4 is 15.4 Å². The Morgan fingerprint density at radius 2 is 1.76 bits per heavy atom. The number of rotatable bonds is 8. The largest absolute Gasteiger partial charge is 0.485 e. The molecule has 0 radical (unpaired) electrons. The van der Waals surface area contributed by atoms with Gasteiger partial charge in [-0.1, -0.05) is 18.2 Å². The van der Waals surface area contributed by atoms with Crippen molar-refractivity contribution in [1.82, 2.24) is 20.0 Å². The van der Waals surface area contributed by atoms with Gasteiger partial charge in [0.05, 0.1) is 11.7 Å². The number of hydrogen-bond acceptors (Lipinski definition) is 5. The van der Waals surface area contributed by atoms with Gasteiger partial charge in [0.1, 0.15) is 17.9 Å². The van der Waals surface area contributed by atoms with Crippen LogP contribution >= 0.6 is 0 Å². The van der Waals surface area contributed by atoms with Crippen molar-refractivity contribution < 1.29 is 36.6 Å². The number of carbonyl (C=O) groups excluding carboxylic acids is 2. The number of fused-ring (bicyclic) bond motifs is 1. The summed E-state index contributed by atoms with van der Waals surface area (Å²) in [4.78, 5) is 30.2. The Balaban J connectivity index is 1.60. The normalized spacial score (nSPS) is 12.2. The number of carbonyl (C=O) groups is 2. The first-order valence-electron chi connectivity index (χ1n) is 12.6. The van der Waals surface area contributed by atoms with E-state index in [-0.39, 0.29) is 41.4 Å². The molecule has 12 heteroatoms. The van der Waals surface area contributed by atoms with Gasteiger partial charge in [-0.3, -0.25) is 9.20 Å². The average molecular weight is 573 g/mol. The molecule has 0 aliphatic carbocycles. The van der Waals surface area contributed by atoms with E-state index in [1.807, 2.05) is 0 Å². The molecule has 8 nitrogen and oxygen atoms in total. The molecule has 2 N–H and O–H groups in total.